The van der Waals surface area contributed by atoms with E-state index in [2.05, 4.69) is 9.71 Å². The van der Waals surface area contributed by atoms with Crippen LogP contribution in [0, 0.1) is 0 Å². The summed E-state index contributed by atoms with van der Waals surface area (Å²) in [6, 6.07) is 8.28. The van der Waals surface area contributed by atoms with Gasteiger partial charge < -0.3 is 25.7 Å². The highest BCUT2D eigenvalue weighted by atomic mass is 32.2. The van der Waals surface area contributed by atoms with E-state index < -0.39 is 6.04 Å². The number of rotatable bonds is 10. The predicted octanol–water partition coefficient (Wildman–Crippen LogP) is 3.33. The van der Waals surface area contributed by atoms with E-state index in [1.165, 1.54) is 6.07 Å². The van der Waals surface area contributed by atoms with Crippen LogP contribution in [-0.2, 0) is 23.4 Å². The topological polar surface area (TPSA) is 121 Å². The number of carbonyl (C=O) groups is 1. The van der Waals surface area contributed by atoms with Crippen LogP contribution in [0.15, 0.2) is 36.5 Å². The van der Waals surface area contributed by atoms with Crippen molar-refractivity contribution in [2.75, 3.05) is 19.9 Å². The number of thioether (sulfide) groups is 1. The molecule has 9 heteroatoms. The summed E-state index contributed by atoms with van der Waals surface area (Å²) in [5.41, 5.74) is 10.1. The molecule has 6 N–H and O–H groups in total. The van der Waals surface area contributed by atoms with Crippen LogP contribution in [0.2, 0.25) is 0 Å². The number of benzene rings is 2. The molecular formula is C22H27N3O4S2. The summed E-state index contributed by atoms with van der Waals surface area (Å²) in [6.07, 6.45) is 4.85. The standard InChI is InChI=1S/C22H27N3O4S2/c1-29-16-8-15(12-31-25-6-5-13-3-4-19(26)20(27)7-13)21-17(10-16)14(11-24-21)9-18(23)22(28)30-2/h3-4,7-8,10-11,18,24-27H,5-6,9,12,23H2,1-2H3. The SMILES string of the molecule is COc1cc(CSNCCc2ccc(O)c(O)c2)c2[nH]cc(CC(N)C(=O)SC)c2c1. The molecule has 3 rings (SSSR count). The molecule has 1 atom stereocenters. The van der Waals surface area contributed by atoms with Gasteiger partial charge in [0.2, 0.25) is 5.12 Å². The van der Waals surface area contributed by atoms with Crippen molar-refractivity contribution in [1.29, 1.82) is 0 Å². The molecule has 0 aliphatic heterocycles. The van der Waals surface area contributed by atoms with Crippen LogP contribution < -0.4 is 15.2 Å². The average molecular weight is 462 g/mol. The molecule has 0 radical (unpaired) electrons. The first-order valence-electron chi connectivity index (χ1n) is 9.78. The van der Waals surface area contributed by atoms with Gasteiger partial charge in [-0.25, -0.2) is 0 Å². The normalized spacial score (nSPS) is 12.2. The molecule has 2 aromatic carbocycles. The van der Waals surface area contributed by atoms with Crippen molar-refractivity contribution in [3.63, 3.8) is 0 Å². The van der Waals surface area contributed by atoms with Gasteiger partial charge in [-0.1, -0.05) is 29.8 Å². The summed E-state index contributed by atoms with van der Waals surface area (Å²) in [4.78, 5) is 15.2. The first kappa shape index (κ1) is 23.3. The molecule has 0 bridgehead atoms. The Kier molecular flexibility index (Phi) is 8.14. The van der Waals surface area contributed by atoms with Crippen LogP contribution in [0.3, 0.4) is 0 Å². The summed E-state index contributed by atoms with van der Waals surface area (Å²) in [5.74, 6) is 1.25. The molecule has 0 saturated carbocycles. The lowest BCUT2D eigenvalue weighted by atomic mass is 10.0. The van der Waals surface area contributed by atoms with Gasteiger partial charge in [-0.3, -0.25) is 9.52 Å². The van der Waals surface area contributed by atoms with Crippen molar-refractivity contribution >= 4 is 39.7 Å². The zero-order valence-corrected chi connectivity index (χ0v) is 19.1. The highest BCUT2D eigenvalue weighted by Crippen LogP contribution is 2.30. The fourth-order valence-corrected chi connectivity index (χ4v) is 4.44. The number of phenolic OH excluding ortho intramolecular Hbond substituents is 2. The first-order valence-corrected chi connectivity index (χ1v) is 12.0. The number of phenols is 2. The monoisotopic (exact) mass is 461 g/mol. The quantitative estimate of drug-likeness (QED) is 0.177. The van der Waals surface area contributed by atoms with E-state index in [0.717, 1.165) is 51.5 Å². The highest BCUT2D eigenvalue weighted by molar-refractivity contribution is 8.13. The maximum absolute atomic E-state index is 11.9. The number of methoxy groups -OCH3 is 1. The minimum absolute atomic E-state index is 0.0285. The fraction of sp³-hybridized carbons (Fsp3) is 0.318. The Morgan fingerprint density at radius 2 is 2.03 bits per heavy atom. The second-order valence-corrected chi connectivity index (χ2v) is 8.79. The number of hydrogen-bond acceptors (Lipinski definition) is 8. The third-order valence-electron chi connectivity index (χ3n) is 4.99. The third kappa shape index (κ3) is 5.88. The van der Waals surface area contributed by atoms with Crippen LogP contribution >= 0.6 is 23.7 Å². The van der Waals surface area contributed by atoms with Crippen molar-refractivity contribution in [1.82, 2.24) is 9.71 Å². The zero-order valence-electron chi connectivity index (χ0n) is 17.5. The summed E-state index contributed by atoms with van der Waals surface area (Å²) >= 11 is 2.73. The minimum atomic E-state index is -0.543. The van der Waals surface area contributed by atoms with E-state index in [0.29, 0.717) is 18.7 Å². The molecule has 0 amide bonds. The number of nitrogens with two attached hydrogens (primary N) is 1. The Morgan fingerprint density at radius 3 is 2.74 bits per heavy atom. The Bertz CT molecular complexity index is 1050. The second kappa shape index (κ2) is 10.8. The molecule has 0 aliphatic carbocycles. The smallest absolute Gasteiger partial charge is 0.205 e. The maximum Gasteiger partial charge on any atom is 0.205 e. The molecule has 166 valence electrons. The molecule has 0 saturated heterocycles. The van der Waals surface area contributed by atoms with Crippen molar-refractivity contribution in [3.8, 4) is 17.2 Å². The van der Waals surface area contributed by atoms with Gasteiger partial charge in [-0.15, -0.1) is 0 Å². The van der Waals surface area contributed by atoms with Gasteiger partial charge >= 0.3 is 0 Å². The summed E-state index contributed by atoms with van der Waals surface area (Å²) in [7, 11) is 1.64. The molecule has 31 heavy (non-hydrogen) atoms. The number of ether oxygens (including phenoxy) is 1. The fourth-order valence-electron chi connectivity index (χ4n) is 3.33. The Labute approximate surface area is 189 Å². The van der Waals surface area contributed by atoms with Gasteiger partial charge in [0.15, 0.2) is 11.5 Å². The van der Waals surface area contributed by atoms with Gasteiger partial charge in [0.25, 0.3) is 0 Å². The lowest BCUT2D eigenvalue weighted by Crippen LogP contribution is -2.30. The van der Waals surface area contributed by atoms with E-state index in [-0.39, 0.29) is 16.6 Å². The predicted molar refractivity (Wildman–Crippen MR) is 128 cm³/mol. The van der Waals surface area contributed by atoms with E-state index in [4.69, 9.17) is 10.5 Å². The average Bonchev–Trinajstić information content (AvgIpc) is 3.17. The molecule has 0 fully saturated rings. The molecule has 3 aromatic rings. The Hall–Kier alpha value is -2.33. The number of aromatic nitrogens is 1. The Morgan fingerprint density at radius 1 is 1.23 bits per heavy atom. The summed E-state index contributed by atoms with van der Waals surface area (Å²) in [6.45, 7) is 0.712. The van der Waals surface area contributed by atoms with E-state index in [9.17, 15) is 15.0 Å². The van der Waals surface area contributed by atoms with Gasteiger partial charge in [0, 0.05) is 23.9 Å². The Balaban J connectivity index is 1.64. The van der Waals surface area contributed by atoms with Crippen LogP contribution in [0.4, 0.5) is 0 Å². The lowest BCUT2D eigenvalue weighted by Gasteiger charge is -2.10. The molecule has 0 spiro atoms. The molecule has 1 heterocycles. The van der Waals surface area contributed by atoms with Crippen LogP contribution in [0.25, 0.3) is 10.9 Å². The summed E-state index contributed by atoms with van der Waals surface area (Å²) < 4.78 is 8.81. The lowest BCUT2D eigenvalue weighted by molar-refractivity contribution is -0.112. The number of hydrogen-bond donors (Lipinski definition) is 5. The third-order valence-corrected chi connectivity index (χ3v) is 6.56. The molecule has 1 unspecified atom stereocenters. The molecule has 7 nitrogen and oxygen atoms in total. The van der Waals surface area contributed by atoms with Crippen LogP contribution in [0.5, 0.6) is 17.2 Å². The van der Waals surface area contributed by atoms with E-state index in [1.807, 2.05) is 18.3 Å². The van der Waals surface area contributed by atoms with Gasteiger partial charge in [0.05, 0.1) is 18.7 Å². The number of nitrogens with one attached hydrogen (secondary N) is 2. The van der Waals surface area contributed by atoms with Gasteiger partial charge in [-0.05, 0) is 60.1 Å². The van der Waals surface area contributed by atoms with Crippen molar-refractivity contribution in [2.45, 2.75) is 24.6 Å². The summed E-state index contributed by atoms with van der Waals surface area (Å²) in [5, 5.41) is 20.0. The van der Waals surface area contributed by atoms with Crippen LogP contribution in [-0.4, -0.2) is 46.3 Å². The number of H-pyrrole nitrogens is 1. The molecular weight excluding hydrogens is 434 g/mol. The highest BCUT2D eigenvalue weighted by Gasteiger charge is 2.17. The maximum atomic E-state index is 11.9. The zero-order chi connectivity index (χ0) is 22.4. The first-order chi connectivity index (χ1) is 14.9. The molecule has 1 aromatic heterocycles. The number of aromatic hydroxyl groups is 2. The number of fused-ring (bicyclic) bond motifs is 1. The largest absolute Gasteiger partial charge is 0.504 e. The van der Waals surface area contributed by atoms with E-state index >= 15 is 0 Å². The van der Waals surface area contributed by atoms with Crippen molar-refractivity contribution in [3.05, 3.63) is 53.2 Å². The van der Waals surface area contributed by atoms with Crippen molar-refractivity contribution in [2.24, 2.45) is 5.73 Å². The van der Waals surface area contributed by atoms with E-state index in [1.54, 1.807) is 37.4 Å². The molecule has 0 aliphatic rings. The number of aromatic amines is 1. The van der Waals surface area contributed by atoms with Crippen molar-refractivity contribution < 1.29 is 19.7 Å². The number of carbonyl (C=O) groups excluding carboxylic acids is 1. The second-order valence-electron chi connectivity index (χ2n) is 7.11. The van der Waals surface area contributed by atoms with Gasteiger partial charge in [-0.2, -0.15) is 0 Å². The van der Waals surface area contributed by atoms with Gasteiger partial charge in [0.1, 0.15) is 5.75 Å². The van der Waals surface area contributed by atoms with Crippen LogP contribution in [0.1, 0.15) is 16.7 Å². The minimum Gasteiger partial charge on any atom is -0.504 e.